The number of aliphatic imine (C=N–C) groups is 1. The van der Waals surface area contributed by atoms with Gasteiger partial charge in [0.2, 0.25) is 0 Å². The van der Waals surface area contributed by atoms with E-state index in [2.05, 4.69) is 32.8 Å². The summed E-state index contributed by atoms with van der Waals surface area (Å²) in [7, 11) is 3.55. The van der Waals surface area contributed by atoms with Crippen molar-refractivity contribution in [3.8, 4) is 0 Å². The van der Waals surface area contributed by atoms with Gasteiger partial charge >= 0.3 is 6.09 Å². The van der Waals surface area contributed by atoms with E-state index >= 15 is 0 Å². The van der Waals surface area contributed by atoms with Crippen LogP contribution in [0.1, 0.15) is 59.8 Å². The molecule has 1 aliphatic heterocycles. The van der Waals surface area contributed by atoms with Crippen molar-refractivity contribution in [1.29, 1.82) is 0 Å². The Morgan fingerprint density at radius 2 is 1.93 bits per heavy atom. The number of methoxy groups -OCH3 is 1. The van der Waals surface area contributed by atoms with E-state index in [1.54, 1.807) is 14.2 Å². The second-order valence-electron chi connectivity index (χ2n) is 9.10. The SMILES string of the molecule is CCCCC(CNC(=O)OC(C)(C)C)NC(=NC)NCC1CCN(CCOC)CC1. The van der Waals surface area contributed by atoms with Crippen LogP contribution in [0.2, 0.25) is 0 Å². The Morgan fingerprint density at radius 1 is 1.23 bits per heavy atom. The zero-order chi connectivity index (χ0) is 22.4. The summed E-state index contributed by atoms with van der Waals surface area (Å²) in [5, 5.41) is 9.84. The van der Waals surface area contributed by atoms with Crippen LogP contribution in [0.5, 0.6) is 0 Å². The van der Waals surface area contributed by atoms with Crippen molar-refractivity contribution in [2.75, 3.05) is 53.5 Å². The molecule has 1 atom stereocenters. The molecule has 0 spiro atoms. The predicted octanol–water partition coefficient (Wildman–Crippen LogP) is 2.59. The van der Waals surface area contributed by atoms with E-state index < -0.39 is 5.60 Å². The Balaban J connectivity index is 2.42. The monoisotopic (exact) mass is 427 g/mol. The van der Waals surface area contributed by atoms with Crippen LogP contribution in [-0.4, -0.2) is 82.1 Å². The van der Waals surface area contributed by atoms with Gasteiger partial charge in [-0.3, -0.25) is 4.99 Å². The predicted molar refractivity (Wildman–Crippen MR) is 123 cm³/mol. The van der Waals surface area contributed by atoms with Crippen LogP contribution in [0, 0.1) is 5.92 Å². The molecule has 3 N–H and O–H groups in total. The number of rotatable bonds is 11. The molecule has 1 saturated heterocycles. The van der Waals surface area contributed by atoms with E-state index in [1.165, 1.54) is 12.8 Å². The van der Waals surface area contributed by atoms with Crippen LogP contribution in [0.3, 0.4) is 0 Å². The lowest BCUT2D eigenvalue weighted by Crippen LogP contribution is -2.50. The number of unbranched alkanes of at least 4 members (excludes halogenated alkanes) is 1. The van der Waals surface area contributed by atoms with Gasteiger partial charge in [0.05, 0.1) is 6.61 Å². The molecule has 0 saturated carbocycles. The topological polar surface area (TPSA) is 87.2 Å². The summed E-state index contributed by atoms with van der Waals surface area (Å²) in [4.78, 5) is 18.9. The van der Waals surface area contributed by atoms with Crippen LogP contribution in [-0.2, 0) is 9.47 Å². The molecular weight excluding hydrogens is 382 g/mol. The molecule has 1 unspecified atom stereocenters. The van der Waals surface area contributed by atoms with Crippen LogP contribution >= 0.6 is 0 Å². The Labute approximate surface area is 183 Å². The van der Waals surface area contributed by atoms with E-state index in [-0.39, 0.29) is 12.1 Å². The second kappa shape index (κ2) is 14.5. The number of piperidine rings is 1. The van der Waals surface area contributed by atoms with Crippen molar-refractivity contribution < 1.29 is 14.3 Å². The minimum absolute atomic E-state index is 0.111. The summed E-state index contributed by atoms with van der Waals surface area (Å²) >= 11 is 0. The number of ether oxygens (including phenoxy) is 2. The van der Waals surface area contributed by atoms with Gasteiger partial charge in [-0.15, -0.1) is 0 Å². The number of amides is 1. The highest BCUT2D eigenvalue weighted by molar-refractivity contribution is 5.80. The fraction of sp³-hybridized carbons (Fsp3) is 0.909. The van der Waals surface area contributed by atoms with Gasteiger partial charge in [-0.1, -0.05) is 19.8 Å². The first-order valence-electron chi connectivity index (χ1n) is 11.4. The van der Waals surface area contributed by atoms with Crippen molar-refractivity contribution in [3.63, 3.8) is 0 Å². The molecule has 0 aromatic rings. The Morgan fingerprint density at radius 3 is 2.50 bits per heavy atom. The van der Waals surface area contributed by atoms with Crippen LogP contribution < -0.4 is 16.0 Å². The van der Waals surface area contributed by atoms with Gasteiger partial charge in [0.15, 0.2) is 5.96 Å². The highest BCUT2D eigenvalue weighted by Gasteiger charge is 2.20. The molecule has 0 bridgehead atoms. The largest absolute Gasteiger partial charge is 0.444 e. The summed E-state index contributed by atoms with van der Waals surface area (Å²) in [6.07, 6.45) is 5.16. The highest BCUT2D eigenvalue weighted by atomic mass is 16.6. The third kappa shape index (κ3) is 12.2. The summed E-state index contributed by atoms with van der Waals surface area (Å²) in [5.41, 5.74) is -0.493. The average Bonchev–Trinajstić information content (AvgIpc) is 2.70. The number of nitrogens with zero attached hydrogens (tertiary/aromatic N) is 2. The molecule has 176 valence electrons. The number of carbonyl (C=O) groups is 1. The van der Waals surface area contributed by atoms with Gasteiger partial charge < -0.3 is 30.3 Å². The molecule has 0 aliphatic carbocycles. The first kappa shape index (κ1) is 26.5. The number of likely N-dealkylation sites (tertiary alicyclic amines) is 1. The lowest BCUT2D eigenvalue weighted by Gasteiger charge is -2.32. The molecule has 30 heavy (non-hydrogen) atoms. The zero-order valence-electron chi connectivity index (χ0n) is 20.1. The maximum Gasteiger partial charge on any atom is 0.407 e. The second-order valence-corrected chi connectivity index (χ2v) is 9.10. The van der Waals surface area contributed by atoms with Gasteiger partial charge in [-0.2, -0.15) is 0 Å². The standard InChI is InChI=1S/C22H45N5O3/c1-7-8-9-19(17-25-21(28)30-22(2,3)4)26-20(23-5)24-16-18-10-12-27(13-11-18)14-15-29-6/h18-19H,7-17H2,1-6H3,(H,25,28)(H2,23,24,26). The van der Waals surface area contributed by atoms with Crippen molar-refractivity contribution in [3.05, 3.63) is 0 Å². The van der Waals surface area contributed by atoms with Crippen molar-refractivity contribution in [2.24, 2.45) is 10.9 Å². The van der Waals surface area contributed by atoms with Gasteiger partial charge in [0.1, 0.15) is 5.60 Å². The maximum absolute atomic E-state index is 12.0. The third-order valence-corrected chi connectivity index (χ3v) is 5.24. The smallest absolute Gasteiger partial charge is 0.407 e. The Bertz CT molecular complexity index is 499. The van der Waals surface area contributed by atoms with E-state index in [0.717, 1.165) is 58.0 Å². The Kier molecular flexibility index (Phi) is 12.8. The van der Waals surface area contributed by atoms with E-state index in [1.807, 2.05) is 20.8 Å². The third-order valence-electron chi connectivity index (χ3n) is 5.24. The molecule has 8 nitrogen and oxygen atoms in total. The van der Waals surface area contributed by atoms with Gasteiger partial charge in [0.25, 0.3) is 0 Å². The first-order chi connectivity index (χ1) is 14.3. The number of alkyl carbamates (subject to hydrolysis) is 1. The summed E-state index contributed by atoms with van der Waals surface area (Å²) in [5.74, 6) is 1.44. The minimum atomic E-state index is -0.493. The van der Waals surface area contributed by atoms with Gasteiger partial charge in [0, 0.05) is 39.8 Å². The highest BCUT2D eigenvalue weighted by Crippen LogP contribution is 2.16. The van der Waals surface area contributed by atoms with Crippen LogP contribution in [0.4, 0.5) is 4.79 Å². The summed E-state index contributed by atoms with van der Waals surface area (Å²) < 4.78 is 10.5. The minimum Gasteiger partial charge on any atom is -0.444 e. The number of nitrogens with one attached hydrogen (secondary N) is 3. The van der Waals surface area contributed by atoms with E-state index in [4.69, 9.17) is 9.47 Å². The molecule has 1 amide bonds. The maximum atomic E-state index is 12.0. The Hall–Kier alpha value is -1.54. The zero-order valence-corrected chi connectivity index (χ0v) is 20.1. The van der Waals surface area contributed by atoms with Crippen LogP contribution in [0.25, 0.3) is 0 Å². The van der Waals surface area contributed by atoms with E-state index in [9.17, 15) is 4.79 Å². The average molecular weight is 428 g/mol. The molecule has 0 aromatic carbocycles. The fourth-order valence-corrected chi connectivity index (χ4v) is 3.46. The van der Waals surface area contributed by atoms with E-state index in [0.29, 0.717) is 12.5 Å². The number of hydrogen-bond acceptors (Lipinski definition) is 5. The normalized spacial score (nSPS) is 17.5. The molecular formula is C22H45N5O3. The first-order valence-corrected chi connectivity index (χ1v) is 11.4. The molecule has 1 aliphatic rings. The summed E-state index contributed by atoms with van der Waals surface area (Å²) in [6.45, 7) is 13.3. The van der Waals surface area contributed by atoms with Gasteiger partial charge in [-0.25, -0.2) is 4.79 Å². The molecule has 1 fully saturated rings. The molecule has 0 aromatic heterocycles. The fourth-order valence-electron chi connectivity index (χ4n) is 3.46. The van der Waals surface area contributed by atoms with Crippen molar-refractivity contribution in [2.45, 2.75) is 71.4 Å². The molecule has 8 heteroatoms. The number of guanidine groups is 1. The quantitative estimate of drug-likeness (QED) is 0.347. The van der Waals surface area contributed by atoms with Crippen molar-refractivity contribution >= 4 is 12.1 Å². The molecule has 0 radical (unpaired) electrons. The van der Waals surface area contributed by atoms with Crippen LogP contribution in [0.15, 0.2) is 4.99 Å². The lowest BCUT2D eigenvalue weighted by molar-refractivity contribution is 0.0522. The lowest BCUT2D eigenvalue weighted by atomic mass is 9.97. The number of hydrogen-bond donors (Lipinski definition) is 3. The van der Waals surface area contributed by atoms with Gasteiger partial charge in [-0.05, 0) is 59.0 Å². The number of carbonyl (C=O) groups excluding carboxylic acids is 1. The molecule has 1 rings (SSSR count). The molecule has 1 heterocycles. The van der Waals surface area contributed by atoms with Crippen molar-refractivity contribution in [1.82, 2.24) is 20.9 Å². The summed E-state index contributed by atoms with van der Waals surface area (Å²) in [6, 6.07) is 0.111.